The summed E-state index contributed by atoms with van der Waals surface area (Å²) in [6, 6.07) is 10.9. The van der Waals surface area contributed by atoms with E-state index in [1.807, 2.05) is 6.92 Å². The zero-order valence-corrected chi connectivity index (χ0v) is 10.2. The average Bonchev–Trinajstić information content (AvgIpc) is 2.78. The van der Waals surface area contributed by atoms with Crippen LogP contribution >= 0.6 is 0 Å². The van der Waals surface area contributed by atoms with Crippen LogP contribution in [0.15, 0.2) is 30.3 Å². The van der Waals surface area contributed by atoms with E-state index in [0.29, 0.717) is 5.41 Å². The third-order valence-electron chi connectivity index (χ3n) is 3.99. The normalized spacial score (nSPS) is 20.9. The summed E-state index contributed by atoms with van der Waals surface area (Å²) in [6.45, 7) is 1.90. The third-order valence-corrected chi connectivity index (χ3v) is 3.99. The number of benzene rings is 1. The van der Waals surface area contributed by atoms with Gasteiger partial charge in [0.2, 0.25) is 0 Å². The Hall–Kier alpha value is -0.820. The summed E-state index contributed by atoms with van der Waals surface area (Å²) in [6.07, 6.45) is 7.17. The average molecular weight is 218 g/mol. The zero-order chi connectivity index (χ0) is 11.4. The number of hydrogen-bond donors (Lipinski definition) is 1. The van der Waals surface area contributed by atoms with Crippen molar-refractivity contribution in [2.24, 2.45) is 0 Å². The van der Waals surface area contributed by atoms with Gasteiger partial charge in [-0.3, -0.25) is 0 Å². The fraction of sp³-hybridized carbons (Fsp3) is 0.600. The molecule has 0 saturated heterocycles. The van der Waals surface area contributed by atoms with E-state index in [9.17, 15) is 5.11 Å². The molecule has 16 heavy (non-hydrogen) atoms. The second-order valence-electron chi connectivity index (χ2n) is 5.24. The van der Waals surface area contributed by atoms with Gasteiger partial charge in [0.05, 0.1) is 6.10 Å². The standard InChI is InChI=1S/C15H22O/c1-13(16)9-12-15(10-5-6-11-15)14-7-3-2-4-8-14/h2-4,7-8,13,16H,5-6,9-12H2,1H3/t13-/m1/s1. The molecule has 1 fully saturated rings. The summed E-state index contributed by atoms with van der Waals surface area (Å²) < 4.78 is 0. The number of aliphatic hydroxyl groups is 1. The summed E-state index contributed by atoms with van der Waals surface area (Å²) >= 11 is 0. The van der Waals surface area contributed by atoms with E-state index in [4.69, 9.17) is 0 Å². The van der Waals surface area contributed by atoms with Gasteiger partial charge >= 0.3 is 0 Å². The van der Waals surface area contributed by atoms with E-state index < -0.39 is 0 Å². The van der Waals surface area contributed by atoms with E-state index in [0.717, 1.165) is 12.8 Å². The molecule has 0 radical (unpaired) electrons. The van der Waals surface area contributed by atoms with E-state index in [1.165, 1.54) is 31.2 Å². The smallest absolute Gasteiger partial charge is 0.0512 e. The first-order valence-electron chi connectivity index (χ1n) is 6.47. The van der Waals surface area contributed by atoms with Crippen molar-refractivity contribution in [1.29, 1.82) is 0 Å². The zero-order valence-electron chi connectivity index (χ0n) is 10.2. The predicted octanol–water partition coefficient (Wildman–Crippen LogP) is 3.66. The van der Waals surface area contributed by atoms with Gasteiger partial charge in [0, 0.05) is 0 Å². The predicted molar refractivity (Wildman–Crippen MR) is 67.5 cm³/mol. The van der Waals surface area contributed by atoms with E-state index in [1.54, 1.807) is 0 Å². The molecule has 1 saturated carbocycles. The van der Waals surface area contributed by atoms with Crippen LogP contribution < -0.4 is 0 Å². The molecule has 1 aromatic carbocycles. The summed E-state index contributed by atoms with van der Waals surface area (Å²) in [5.41, 5.74) is 1.84. The number of aliphatic hydroxyl groups excluding tert-OH is 1. The van der Waals surface area contributed by atoms with Crippen LogP contribution in [-0.4, -0.2) is 11.2 Å². The van der Waals surface area contributed by atoms with Crippen LogP contribution in [0.4, 0.5) is 0 Å². The van der Waals surface area contributed by atoms with Crippen LogP contribution in [0.1, 0.15) is 51.0 Å². The molecule has 1 N–H and O–H groups in total. The van der Waals surface area contributed by atoms with Crippen molar-refractivity contribution < 1.29 is 5.11 Å². The first kappa shape index (κ1) is 11.7. The highest BCUT2D eigenvalue weighted by atomic mass is 16.3. The molecule has 2 rings (SSSR count). The van der Waals surface area contributed by atoms with Crippen molar-refractivity contribution in [2.75, 3.05) is 0 Å². The Morgan fingerprint density at radius 2 is 1.81 bits per heavy atom. The molecule has 0 aromatic heterocycles. The maximum Gasteiger partial charge on any atom is 0.0512 e. The Morgan fingerprint density at radius 3 is 2.38 bits per heavy atom. The van der Waals surface area contributed by atoms with E-state index >= 15 is 0 Å². The Bertz CT molecular complexity index is 309. The molecule has 1 nitrogen and oxygen atoms in total. The molecule has 0 unspecified atom stereocenters. The molecule has 1 atom stereocenters. The Balaban J connectivity index is 2.16. The molecular weight excluding hydrogens is 196 g/mol. The molecule has 88 valence electrons. The first-order chi connectivity index (χ1) is 7.73. The Labute approximate surface area is 98.5 Å². The van der Waals surface area contributed by atoms with Crippen molar-refractivity contribution >= 4 is 0 Å². The lowest BCUT2D eigenvalue weighted by Gasteiger charge is -2.30. The van der Waals surface area contributed by atoms with Gasteiger partial charge in [-0.1, -0.05) is 43.2 Å². The highest BCUT2D eigenvalue weighted by molar-refractivity contribution is 5.26. The fourth-order valence-electron chi connectivity index (χ4n) is 3.01. The number of rotatable bonds is 4. The highest BCUT2D eigenvalue weighted by Crippen LogP contribution is 2.44. The molecule has 1 aliphatic rings. The minimum Gasteiger partial charge on any atom is -0.393 e. The minimum atomic E-state index is -0.166. The second-order valence-corrected chi connectivity index (χ2v) is 5.24. The van der Waals surface area contributed by atoms with Crippen molar-refractivity contribution in [3.8, 4) is 0 Å². The molecule has 1 aromatic rings. The van der Waals surface area contributed by atoms with Crippen molar-refractivity contribution in [1.82, 2.24) is 0 Å². The molecule has 0 aliphatic heterocycles. The maximum absolute atomic E-state index is 9.47. The van der Waals surface area contributed by atoms with Gasteiger partial charge in [0.15, 0.2) is 0 Å². The van der Waals surface area contributed by atoms with Gasteiger partial charge in [-0.25, -0.2) is 0 Å². The van der Waals surface area contributed by atoms with Crippen LogP contribution in [0.3, 0.4) is 0 Å². The topological polar surface area (TPSA) is 20.2 Å². The molecule has 0 amide bonds. The lowest BCUT2D eigenvalue weighted by Crippen LogP contribution is -2.23. The molecule has 0 bridgehead atoms. The summed E-state index contributed by atoms with van der Waals surface area (Å²) in [7, 11) is 0. The van der Waals surface area contributed by atoms with Gasteiger partial charge < -0.3 is 5.11 Å². The van der Waals surface area contributed by atoms with Gasteiger partial charge in [-0.15, -0.1) is 0 Å². The van der Waals surface area contributed by atoms with Crippen molar-refractivity contribution in [3.63, 3.8) is 0 Å². The fourth-order valence-corrected chi connectivity index (χ4v) is 3.01. The molecule has 1 heteroatoms. The van der Waals surface area contributed by atoms with Crippen LogP contribution in [0, 0.1) is 0 Å². The van der Waals surface area contributed by atoms with E-state index in [-0.39, 0.29) is 6.10 Å². The lowest BCUT2D eigenvalue weighted by molar-refractivity contribution is 0.168. The van der Waals surface area contributed by atoms with Gasteiger partial charge in [0.1, 0.15) is 0 Å². The van der Waals surface area contributed by atoms with Gasteiger partial charge in [-0.05, 0) is 43.6 Å². The molecule has 1 aliphatic carbocycles. The van der Waals surface area contributed by atoms with Crippen LogP contribution in [-0.2, 0) is 5.41 Å². The summed E-state index contributed by atoms with van der Waals surface area (Å²) in [5.74, 6) is 0. The summed E-state index contributed by atoms with van der Waals surface area (Å²) in [5, 5.41) is 9.47. The minimum absolute atomic E-state index is 0.166. The van der Waals surface area contributed by atoms with Crippen LogP contribution in [0.2, 0.25) is 0 Å². The monoisotopic (exact) mass is 218 g/mol. The van der Waals surface area contributed by atoms with Crippen molar-refractivity contribution in [3.05, 3.63) is 35.9 Å². The van der Waals surface area contributed by atoms with Gasteiger partial charge in [0.25, 0.3) is 0 Å². The molecular formula is C15H22O. The lowest BCUT2D eigenvalue weighted by atomic mass is 9.75. The van der Waals surface area contributed by atoms with E-state index in [2.05, 4.69) is 30.3 Å². The third kappa shape index (κ3) is 2.46. The first-order valence-corrected chi connectivity index (χ1v) is 6.47. The van der Waals surface area contributed by atoms with Crippen molar-refractivity contribution in [2.45, 2.75) is 57.0 Å². The highest BCUT2D eigenvalue weighted by Gasteiger charge is 2.34. The SMILES string of the molecule is C[C@@H](O)CCC1(c2ccccc2)CCCC1. The van der Waals surface area contributed by atoms with Gasteiger partial charge in [-0.2, -0.15) is 0 Å². The summed E-state index contributed by atoms with van der Waals surface area (Å²) in [4.78, 5) is 0. The quantitative estimate of drug-likeness (QED) is 0.817. The Kier molecular flexibility index (Phi) is 3.65. The second kappa shape index (κ2) is 5.01. The number of hydrogen-bond acceptors (Lipinski definition) is 1. The maximum atomic E-state index is 9.47. The largest absolute Gasteiger partial charge is 0.393 e. The Morgan fingerprint density at radius 1 is 1.19 bits per heavy atom. The molecule has 0 spiro atoms. The van der Waals surface area contributed by atoms with Crippen LogP contribution in [0.25, 0.3) is 0 Å². The van der Waals surface area contributed by atoms with Crippen LogP contribution in [0.5, 0.6) is 0 Å². The molecule has 0 heterocycles.